The Balaban J connectivity index is 2.03. The lowest BCUT2D eigenvalue weighted by Crippen LogP contribution is -2.11. The van der Waals surface area contributed by atoms with Gasteiger partial charge in [-0.25, -0.2) is 14.4 Å². The molecule has 5 nitrogen and oxygen atoms in total. The molecule has 0 radical (unpaired) electrons. The third-order valence-corrected chi connectivity index (χ3v) is 4.37. The Hall–Kier alpha value is -3.62. The highest BCUT2D eigenvalue weighted by molar-refractivity contribution is 5.96. The maximum absolute atomic E-state index is 14.0. The van der Waals surface area contributed by atoms with Crippen LogP contribution in [0.1, 0.15) is 5.56 Å². The molecule has 0 aliphatic rings. The van der Waals surface area contributed by atoms with Crippen molar-refractivity contribution in [3.8, 4) is 22.6 Å². The minimum atomic E-state index is -4.71. The van der Waals surface area contributed by atoms with E-state index in [2.05, 4.69) is 15.0 Å². The number of anilines is 2. The number of nitrogens with two attached hydrogens (primary N) is 2. The number of nitrogens with zero attached hydrogens (tertiary/aromatic N) is 2. The maximum atomic E-state index is 14.0. The van der Waals surface area contributed by atoms with Crippen LogP contribution in [0.3, 0.4) is 0 Å². The van der Waals surface area contributed by atoms with Gasteiger partial charge in [0, 0.05) is 34.7 Å². The highest BCUT2D eigenvalue weighted by Gasteiger charge is 2.36. The first-order valence-corrected chi connectivity index (χ1v) is 8.12. The van der Waals surface area contributed by atoms with Gasteiger partial charge in [-0.3, -0.25) is 0 Å². The molecule has 0 bridgehead atoms. The second kappa shape index (κ2) is 6.22. The molecule has 9 heteroatoms. The van der Waals surface area contributed by atoms with Gasteiger partial charge in [-0.1, -0.05) is 18.2 Å². The van der Waals surface area contributed by atoms with Crippen molar-refractivity contribution in [2.45, 2.75) is 6.18 Å². The van der Waals surface area contributed by atoms with Gasteiger partial charge in [0.1, 0.15) is 11.4 Å². The van der Waals surface area contributed by atoms with Crippen LogP contribution in [0.2, 0.25) is 0 Å². The number of fused-ring (bicyclic) bond motifs is 1. The molecule has 0 aliphatic carbocycles. The molecule has 0 spiro atoms. The fourth-order valence-corrected chi connectivity index (χ4v) is 3.08. The molecule has 4 rings (SSSR count). The number of nitrogen functional groups attached to an aromatic ring is 2. The predicted molar refractivity (Wildman–Crippen MR) is 98.5 cm³/mol. The average molecular weight is 387 g/mol. The number of nitrogens with one attached hydrogen (secondary N) is 1. The van der Waals surface area contributed by atoms with E-state index in [9.17, 15) is 17.6 Å². The molecule has 0 unspecified atom stereocenters. The molecule has 0 saturated heterocycles. The number of halogens is 4. The third-order valence-electron chi connectivity index (χ3n) is 4.37. The van der Waals surface area contributed by atoms with Crippen LogP contribution in [0.5, 0.6) is 0 Å². The molecule has 0 amide bonds. The number of alkyl halides is 3. The zero-order valence-electron chi connectivity index (χ0n) is 14.2. The van der Waals surface area contributed by atoms with Crippen molar-refractivity contribution in [1.29, 1.82) is 0 Å². The van der Waals surface area contributed by atoms with Gasteiger partial charge < -0.3 is 16.5 Å². The normalized spacial score (nSPS) is 11.9. The van der Waals surface area contributed by atoms with E-state index in [0.717, 1.165) is 0 Å². The number of hydrogen-bond acceptors (Lipinski definition) is 4. The van der Waals surface area contributed by atoms with Crippen molar-refractivity contribution in [3.05, 3.63) is 60.2 Å². The number of para-hydroxylation sites is 1. The van der Waals surface area contributed by atoms with Gasteiger partial charge in [0.15, 0.2) is 5.82 Å². The molecule has 142 valence electrons. The summed E-state index contributed by atoms with van der Waals surface area (Å²) in [6, 6.07) is 8.85. The standard InChI is InChI=1S/C19H13F4N5/c20-12-4-1-3-9-10(7-26-17(9)12)16-11(19(21,22)23)8-27-18(28-16)15-13(24)5-2-6-14(15)25/h1-8,26H,24-25H2. The van der Waals surface area contributed by atoms with Gasteiger partial charge in [-0.15, -0.1) is 0 Å². The van der Waals surface area contributed by atoms with Crippen molar-refractivity contribution >= 4 is 22.3 Å². The summed E-state index contributed by atoms with van der Waals surface area (Å²) < 4.78 is 54.8. The second-order valence-corrected chi connectivity index (χ2v) is 6.13. The van der Waals surface area contributed by atoms with Crippen LogP contribution in [-0.4, -0.2) is 15.0 Å². The topological polar surface area (TPSA) is 93.6 Å². The lowest BCUT2D eigenvalue weighted by molar-refractivity contribution is -0.137. The molecular formula is C19H13F4N5. The summed E-state index contributed by atoms with van der Waals surface area (Å²) in [5, 5.41) is 0.268. The van der Waals surface area contributed by atoms with Gasteiger partial charge in [-0.05, 0) is 18.2 Å². The fourth-order valence-electron chi connectivity index (χ4n) is 3.08. The van der Waals surface area contributed by atoms with Crippen molar-refractivity contribution in [2.75, 3.05) is 11.5 Å². The van der Waals surface area contributed by atoms with Gasteiger partial charge in [-0.2, -0.15) is 13.2 Å². The van der Waals surface area contributed by atoms with Crippen LogP contribution in [0.25, 0.3) is 33.5 Å². The van der Waals surface area contributed by atoms with Crippen LogP contribution in [-0.2, 0) is 6.18 Å². The van der Waals surface area contributed by atoms with E-state index < -0.39 is 23.3 Å². The molecular weight excluding hydrogens is 374 g/mol. The summed E-state index contributed by atoms with van der Waals surface area (Å²) in [4.78, 5) is 10.6. The lowest BCUT2D eigenvalue weighted by Gasteiger charge is -2.14. The molecule has 5 N–H and O–H groups in total. The third kappa shape index (κ3) is 2.81. The van der Waals surface area contributed by atoms with E-state index >= 15 is 0 Å². The number of hydrogen-bond donors (Lipinski definition) is 3. The van der Waals surface area contributed by atoms with E-state index in [0.29, 0.717) is 6.20 Å². The molecule has 2 aromatic heterocycles. The van der Waals surface area contributed by atoms with E-state index in [1.807, 2.05) is 0 Å². The molecule has 0 atom stereocenters. The number of aromatic nitrogens is 3. The Labute approximate surface area is 156 Å². The van der Waals surface area contributed by atoms with Crippen LogP contribution < -0.4 is 11.5 Å². The van der Waals surface area contributed by atoms with Crippen molar-refractivity contribution < 1.29 is 17.6 Å². The zero-order valence-corrected chi connectivity index (χ0v) is 14.2. The van der Waals surface area contributed by atoms with E-state index in [1.54, 1.807) is 18.2 Å². The van der Waals surface area contributed by atoms with Crippen molar-refractivity contribution in [2.24, 2.45) is 0 Å². The van der Waals surface area contributed by atoms with Crippen LogP contribution in [0.15, 0.2) is 48.8 Å². The molecule has 28 heavy (non-hydrogen) atoms. The SMILES string of the molecule is Nc1cccc(N)c1-c1ncc(C(F)(F)F)c(-c2c[nH]c3c(F)cccc23)n1. The largest absolute Gasteiger partial charge is 0.419 e. The number of aromatic amines is 1. The molecule has 4 aromatic rings. The first-order chi connectivity index (χ1) is 13.3. The summed E-state index contributed by atoms with van der Waals surface area (Å²) in [6.07, 6.45) is -2.74. The Bertz CT molecular complexity index is 1180. The monoisotopic (exact) mass is 387 g/mol. The summed E-state index contributed by atoms with van der Waals surface area (Å²) >= 11 is 0. The Morgan fingerprint density at radius 3 is 2.32 bits per heavy atom. The van der Waals surface area contributed by atoms with Crippen molar-refractivity contribution in [3.63, 3.8) is 0 Å². The smallest absolute Gasteiger partial charge is 0.398 e. The van der Waals surface area contributed by atoms with E-state index in [-0.39, 0.29) is 39.2 Å². The van der Waals surface area contributed by atoms with Gasteiger partial charge >= 0.3 is 6.18 Å². The number of H-pyrrole nitrogens is 1. The first-order valence-electron chi connectivity index (χ1n) is 8.12. The highest BCUT2D eigenvalue weighted by atomic mass is 19.4. The van der Waals surface area contributed by atoms with E-state index in [1.165, 1.54) is 24.4 Å². The number of benzene rings is 2. The summed E-state index contributed by atoms with van der Waals surface area (Å²) in [7, 11) is 0. The molecule has 2 aromatic carbocycles. The van der Waals surface area contributed by atoms with E-state index in [4.69, 9.17) is 11.5 Å². The maximum Gasteiger partial charge on any atom is 0.419 e. The van der Waals surface area contributed by atoms with Crippen LogP contribution in [0.4, 0.5) is 28.9 Å². The number of rotatable bonds is 2. The predicted octanol–water partition coefficient (Wildman–Crippen LogP) is 4.61. The zero-order chi connectivity index (χ0) is 20.1. The summed E-state index contributed by atoms with van der Waals surface area (Å²) in [6.45, 7) is 0. The Morgan fingerprint density at radius 1 is 0.964 bits per heavy atom. The molecule has 0 fully saturated rings. The lowest BCUT2D eigenvalue weighted by atomic mass is 10.0. The highest BCUT2D eigenvalue weighted by Crippen LogP contribution is 2.40. The minimum absolute atomic E-state index is 0.0515. The molecule has 2 heterocycles. The van der Waals surface area contributed by atoms with Crippen LogP contribution >= 0.6 is 0 Å². The second-order valence-electron chi connectivity index (χ2n) is 6.13. The molecule has 0 aliphatic heterocycles. The Kier molecular flexibility index (Phi) is 3.95. The fraction of sp³-hybridized carbons (Fsp3) is 0.0526. The first kappa shape index (κ1) is 17.8. The summed E-state index contributed by atoms with van der Waals surface area (Å²) in [5.41, 5.74) is 11.3. The van der Waals surface area contributed by atoms with Crippen LogP contribution in [0, 0.1) is 5.82 Å². The summed E-state index contributed by atoms with van der Waals surface area (Å²) in [5.74, 6) is -0.632. The quantitative estimate of drug-likeness (QED) is 0.346. The Morgan fingerprint density at radius 2 is 1.64 bits per heavy atom. The van der Waals surface area contributed by atoms with Gasteiger partial charge in [0.2, 0.25) is 0 Å². The minimum Gasteiger partial charge on any atom is -0.398 e. The van der Waals surface area contributed by atoms with Gasteiger partial charge in [0.05, 0.1) is 16.8 Å². The molecule has 0 saturated carbocycles. The van der Waals surface area contributed by atoms with Gasteiger partial charge in [0.25, 0.3) is 0 Å². The average Bonchev–Trinajstić information content (AvgIpc) is 3.06. The van der Waals surface area contributed by atoms with Crippen molar-refractivity contribution in [1.82, 2.24) is 15.0 Å².